The number of carboxylic acid groups (broad SMARTS) is 1. The van der Waals surface area contributed by atoms with Gasteiger partial charge in [0.1, 0.15) is 0 Å². The van der Waals surface area contributed by atoms with Crippen LogP contribution in [0.3, 0.4) is 0 Å². The van der Waals surface area contributed by atoms with Crippen LogP contribution >= 0.6 is 0 Å². The number of hydrogen-bond donors (Lipinski definition) is 2. The highest BCUT2D eigenvalue weighted by Gasteiger charge is 2.29. The number of carboxylic acids is 1. The SMILES string of the molecule is CCOc1cc(C(=O)NC[C@H]2CCO[C@@H]2c2ccccc2)ccc1OCC(=O)O. The summed E-state index contributed by atoms with van der Waals surface area (Å²) in [5.41, 5.74) is 1.54. The number of rotatable bonds is 9. The maximum absolute atomic E-state index is 12.6. The molecule has 1 fully saturated rings. The van der Waals surface area contributed by atoms with Gasteiger partial charge in [-0.1, -0.05) is 30.3 Å². The van der Waals surface area contributed by atoms with Crippen LogP contribution in [-0.4, -0.2) is 43.3 Å². The second-order valence-electron chi connectivity index (χ2n) is 6.74. The molecule has 3 rings (SSSR count). The smallest absolute Gasteiger partial charge is 0.341 e. The molecule has 154 valence electrons. The van der Waals surface area contributed by atoms with E-state index in [2.05, 4.69) is 5.32 Å². The maximum atomic E-state index is 12.6. The summed E-state index contributed by atoms with van der Waals surface area (Å²) in [6.07, 6.45) is 0.855. The van der Waals surface area contributed by atoms with Gasteiger partial charge in [-0.15, -0.1) is 0 Å². The molecule has 0 aliphatic carbocycles. The largest absolute Gasteiger partial charge is 0.490 e. The Bertz CT molecular complexity index is 838. The summed E-state index contributed by atoms with van der Waals surface area (Å²) in [5.74, 6) is -0.478. The molecule has 1 aliphatic heterocycles. The Balaban J connectivity index is 1.64. The van der Waals surface area contributed by atoms with E-state index in [0.29, 0.717) is 36.8 Å². The molecule has 0 unspecified atom stereocenters. The van der Waals surface area contributed by atoms with Crippen molar-refractivity contribution in [3.8, 4) is 11.5 Å². The van der Waals surface area contributed by atoms with E-state index in [-0.39, 0.29) is 17.9 Å². The topological polar surface area (TPSA) is 94.1 Å². The molecule has 1 aliphatic rings. The summed E-state index contributed by atoms with van der Waals surface area (Å²) in [7, 11) is 0. The Hall–Kier alpha value is -3.06. The zero-order chi connectivity index (χ0) is 20.6. The summed E-state index contributed by atoms with van der Waals surface area (Å²) in [6.45, 7) is 2.86. The second kappa shape index (κ2) is 9.93. The van der Waals surface area contributed by atoms with E-state index in [4.69, 9.17) is 19.3 Å². The Morgan fingerprint density at radius 1 is 1.14 bits per heavy atom. The molecule has 2 atom stereocenters. The predicted molar refractivity (Wildman–Crippen MR) is 106 cm³/mol. The van der Waals surface area contributed by atoms with Gasteiger partial charge in [0, 0.05) is 24.6 Å². The number of carbonyl (C=O) groups excluding carboxylic acids is 1. The van der Waals surface area contributed by atoms with Crippen LogP contribution in [0.4, 0.5) is 0 Å². The molecule has 0 radical (unpaired) electrons. The van der Waals surface area contributed by atoms with Crippen molar-refractivity contribution in [3.05, 3.63) is 59.7 Å². The van der Waals surface area contributed by atoms with Gasteiger partial charge in [-0.3, -0.25) is 4.79 Å². The number of hydrogen-bond acceptors (Lipinski definition) is 5. The third-order valence-electron chi connectivity index (χ3n) is 4.72. The van der Waals surface area contributed by atoms with Crippen molar-refractivity contribution < 1.29 is 28.9 Å². The molecular weight excluding hydrogens is 374 g/mol. The minimum absolute atomic E-state index is 0.0257. The molecule has 2 aromatic rings. The Morgan fingerprint density at radius 3 is 2.66 bits per heavy atom. The fourth-order valence-electron chi connectivity index (χ4n) is 3.36. The first kappa shape index (κ1) is 20.7. The molecule has 7 heteroatoms. The van der Waals surface area contributed by atoms with E-state index < -0.39 is 12.6 Å². The fourth-order valence-corrected chi connectivity index (χ4v) is 3.36. The van der Waals surface area contributed by atoms with Gasteiger partial charge in [0.15, 0.2) is 18.1 Å². The molecule has 1 saturated heterocycles. The van der Waals surface area contributed by atoms with Gasteiger partial charge in [-0.05, 0) is 37.1 Å². The predicted octanol–water partition coefficient (Wildman–Crippen LogP) is 3.06. The van der Waals surface area contributed by atoms with Crippen molar-refractivity contribution in [3.63, 3.8) is 0 Å². The summed E-state index contributed by atoms with van der Waals surface area (Å²) >= 11 is 0. The van der Waals surface area contributed by atoms with Crippen LogP contribution in [-0.2, 0) is 9.53 Å². The van der Waals surface area contributed by atoms with Gasteiger partial charge in [-0.25, -0.2) is 4.79 Å². The third kappa shape index (κ3) is 5.48. The molecule has 0 saturated carbocycles. The van der Waals surface area contributed by atoms with E-state index in [9.17, 15) is 9.59 Å². The van der Waals surface area contributed by atoms with E-state index in [1.54, 1.807) is 25.1 Å². The monoisotopic (exact) mass is 399 g/mol. The minimum Gasteiger partial charge on any atom is -0.490 e. The van der Waals surface area contributed by atoms with Crippen LogP contribution in [0, 0.1) is 5.92 Å². The number of ether oxygens (including phenoxy) is 3. The summed E-state index contributed by atoms with van der Waals surface area (Å²) in [6, 6.07) is 14.7. The van der Waals surface area contributed by atoms with Crippen LogP contribution in [0.5, 0.6) is 11.5 Å². The average molecular weight is 399 g/mol. The number of nitrogens with one attached hydrogen (secondary N) is 1. The lowest BCUT2D eigenvalue weighted by Crippen LogP contribution is -2.30. The first-order valence-electron chi connectivity index (χ1n) is 9.64. The second-order valence-corrected chi connectivity index (χ2v) is 6.74. The number of amides is 1. The van der Waals surface area contributed by atoms with Crippen LogP contribution in [0.2, 0.25) is 0 Å². The van der Waals surface area contributed by atoms with E-state index in [1.807, 2.05) is 30.3 Å². The Labute approximate surface area is 169 Å². The van der Waals surface area contributed by atoms with Gasteiger partial charge >= 0.3 is 5.97 Å². The Kier molecular flexibility index (Phi) is 7.08. The minimum atomic E-state index is -1.08. The van der Waals surface area contributed by atoms with E-state index in [1.165, 1.54) is 0 Å². The van der Waals surface area contributed by atoms with Crippen LogP contribution in [0.1, 0.15) is 35.4 Å². The van der Waals surface area contributed by atoms with Crippen molar-refractivity contribution in [2.24, 2.45) is 5.92 Å². The lowest BCUT2D eigenvalue weighted by atomic mass is 9.95. The van der Waals surface area contributed by atoms with Gasteiger partial charge in [-0.2, -0.15) is 0 Å². The normalized spacial score (nSPS) is 18.2. The molecular formula is C22H25NO6. The van der Waals surface area contributed by atoms with Gasteiger partial charge in [0.05, 0.1) is 12.7 Å². The quantitative estimate of drug-likeness (QED) is 0.673. The summed E-state index contributed by atoms with van der Waals surface area (Å²) in [5, 5.41) is 11.7. The average Bonchev–Trinajstić information content (AvgIpc) is 3.20. The molecule has 0 spiro atoms. The van der Waals surface area contributed by atoms with Crippen LogP contribution in [0.25, 0.3) is 0 Å². The lowest BCUT2D eigenvalue weighted by Gasteiger charge is -2.19. The lowest BCUT2D eigenvalue weighted by molar-refractivity contribution is -0.139. The van der Waals surface area contributed by atoms with Gasteiger partial charge < -0.3 is 24.6 Å². The van der Waals surface area contributed by atoms with Crippen molar-refractivity contribution in [1.82, 2.24) is 5.32 Å². The highest BCUT2D eigenvalue weighted by Crippen LogP contribution is 2.34. The van der Waals surface area contributed by atoms with E-state index in [0.717, 1.165) is 12.0 Å². The molecule has 2 N–H and O–H groups in total. The van der Waals surface area contributed by atoms with Crippen molar-refractivity contribution in [1.29, 1.82) is 0 Å². The van der Waals surface area contributed by atoms with Crippen LogP contribution in [0.15, 0.2) is 48.5 Å². The molecule has 0 bridgehead atoms. The highest BCUT2D eigenvalue weighted by atomic mass is 16.5. The fraction of sp³-hybridized carbons (Fsp3) is 0.364. The maximum Gasteiger partial charge on any atom is 0.341 e. The zero-order valence-electron chi connectivity index (χ0n) is 16.3. The number of aliphatic carboxylic acids is 1. The van der Waals surface area contributed by atoms with Crippen molar-refractivity contribution >= 4 is 11.9 Å². The molecule has 2 aromatic carbocycles. The van der Waals surface area contributed by atoms with Crippen molar-refractivity contribution in [2.75, 3.05) is 26.4 Å². The molecule has 29 heavy (non-hydrogen) atoms. The number of carbonyl (C=O) groups is 2. The van der Waals surface area contributed by atoms with Crippen molar-refractivity contribution in [2.45, 2.75) is 19.4 Å². The zero-order valence-corrected chi connectivity index (χ0v) is 16.3. The van der Waals surface area contributed by atoms with Crippen LogP contribution < -0.4 is 14.8 Å². The standard InChI is InChI=1S/C22H25NO6/c1-2-27-19-12-16(8-9-18(19)29-14-20(24)25)22(26)23-13-17-10-11-28-21(17)15-6-4-3-5-7-15/h3-9,12,17,21H,2,10-11,13-14H2,1H3,(H,23,26)(H,24,25)/t17-,21-/m1/s1. The van der Waals surface area contributed by atoms with Gasteiger partial charge in [0.2, 0.25) is 0 Å². The first-order valence-corrected chi connectivity index (χ1v) is 9.64. The van der Waals surface area contributed by atoms with E-state index >= 15 is 0 Å². The summed E-state index contributed by atoms with van der Waals surface area (Å²) in [4.78, 5) is 23.4. The summed E-state index contributed by atoms with van der Waals surface area (Å²) < 4.78 is 16.6. The first-order chi connectivity index (χ1) is 14.1. The molecule has 1 heterocycles. The highest BCUT2D eigenvalue weighted by molar-refractivity contribution is 5.94. The molecule has 0 aromatic heterocycles. The third-order valence-corrected chi connectivity index (χ3v) is 4.72. The molecule has 7 nitrogen and oxygen atoms in total. The Morgan fingerprint density at radius 2 is 1.93 bits per heavy atom. The number of benzene rings is 2. The molecule has 1 amide bonds. The van der Waals surface area contributed by atoms with Gasteiger partial charge in [0.25, 0.3) is 5.91 Å².